The normalized spacial score (nSPS) is 27.9. The molecule has 0 amide bonds. The van der Waals surface area contributed by atoms with Crippen molar-refractivity contribution in [1.29, 1.82) is 0 Å². The minimum Gasteiger partial charge on any atom is -0.396 e. The van der Waals surface area contributed by atoms with Crippen molar-refractivity contribution in [3.63, 3.8) is 0 Å². The molecule has 0 aromatic heterocycles. The van der Waals surface area contributed by atoms with Gasteiger partial charge in [-0.1, -0.05) is 26.2 Å². The van der Waals surface area contributed by atoms with Crippen LogP contribution in [0.2, 0.25) is 0 Å². The monoisotopic (exact) mass is 199 g/mol. The van der Waals surface area contributed by atoms with Gasteiger partial charge in [0.25, 0.3) is 0 Å². The molecule has 2 unspecified atom stereocenters. The lowest BCUT2D eigenvalue weighted by molar-refractivity contribution is 0.263. The molecule has 0 bridgehead atoms. The van der Waals surface area contributed by atoms with Gasteiger partial charge in [-0.25, -0.2) is 0 Å². The van der Waals surface area contributed by atoms with E-state index in [2.05, 4.69) is 12.2 Å². The highest BCUT2D eigenvalue weighted by Crippen LogP contribution is 2.30. The standard InChI is InChI=1S/C12H25NO/c1-11-4-2-5-12(10-11)6-8-13-7-3-9-14/h11-14H,2-10H2,1H3. The van der Waals surface area contributed by atoms with Crippen LogP contribution in [-0.4, -0.2) is 24.8 Å². The zero-order valence-corrected chi connectivity index (χ0v) is 9.47. The maximum atomic E-state index is 8.61. The van der Waals surface area contributed by atoms with Crippen LogP contribution in [-0.2, 0) is 0 Å². The minimum absolute atomic E-state index is 0.313. The quantitative estimate of drug-likeness (QED) is 0.643. The molecule has 0 spiro atoms. The predicted octanol–water partition coefficient (Wildman–Crippen LogP) is 2.17. The molecular weight excluding hydrogens is 174 g/mol. The summed E-state index contributed by atoms with van der Waals surface area (Å²) >= 11 is 0. The lowest BCUT2D eigenvalue weighted by atomic mass is 9.81. The summed E-state index contributed by atoms with van der Waals surface area (Å²) in [6.07, 6.45) is 7.96. The van der Waals surface area contributed by atoms with E-state index in [1.165, 1.54) is 32.1 Å². The molecule has 0 aromatic carbocycles. The molecule has 0 saturated heterocycles. The van der Waals surface area contributed by atoms with Crippen molar-refractivity contribution in [3.8, 4) is 0 Å². The third-order valence-electron chi connectivity index (χ3n) is 3.29. The second-order valence-corrected chi connectivity index (χ2v) is 4.75. The Kier molecular flexibility index (Phi) is 6.20. The SMILES string of the molecule is CC1CCCC(CCNCCCO)C1. The molecule has 1 aliphatic rings. The van der Waals surface area contributed by atoms with Crippen LogP contribution in [0.5, 0.6) is 0 Å². The molecule has 84 valence electrons. The minimum atomic E-state index is 0.313. The van der Waals surface area contributed by atoms with Gasteiger partial charge in [-0.05, 0) is 44.2 Å². The van der Waals surface area contributed by atoms with Gasteiger partial charge in [0.2, 0.25) is 0 Å². The van der Waals surface area contributed by atoms with Crippen LogP contribution in [0.25, 0.3) is 0 Å². The van der Waals surface area contributed by atoms with Gasteiger partial charge < -0.3 is 10.4 Å². The Labute approximate surface area is 88.1 Å². The van der Waals surface area contributed by atoms with Crippen LogP contribution in [0.1, 0.15) is 45.4 Å². The average Bonchev–Trinajstić information content (AvgIpc) is 2.18. The summed E-state index contributed by atoms with van der Waals surface area (Å²) in [4.78, 5) is 0. The zero-order valence-electron chi connectivity index (χ0n) is 9.47. The molecule has 2 atom stereocenters. The maximum Gasteiger partial charge on any atom is 0.0443 e. The number of rotatable bonds is 6. The summed E-state index contributed by atoms with van der Waals surface area (Å²) in [7, 11) is 0. The topological polar surface area (TPSA) is 32.3 Å². The number of nitrogens with one attached hydrogen (secondary N) is 1. The van der Waals surface area contributed by atoms with Crippen molar-refractivity contribution in [3.05, 3.63) is 0 Å². The molecule has 0 radical (unpaired) electrons. The lowest BCUT2D eigenvalue weighted by Crippen LogP contribution is -2.22. The first-order valence-electron chi connectivity index (χ1n) is 6.14. The molecule has 1 fully saturated rings. The summed E-state index contributed by atoms with van der Waals surface area (Å²) in [5.74, 6) is 1.91. The smallest absolute Gasteiger partial charge is 0.0443 e. The van der Waals surface area contributed by atoms with Crippen molar-refractivity contribution < 1.29 is 5.11 Å². The molecule has 1 aliphatic carbocycles. The van der Waals surface area contributed by atoms with Crippen LogP contribution in [0.15, 0.2) is 0 Å². The van der Waals surface area contributed by atoms with Crippen LogP contribution >= 0.6 is 0 Å². The Morgan fingerprint density at radius 3 is 2.86 bits per heavy atom. The van der Waals surface area contributed by atoms with E-state index in [0.717, 1.165) is 31.3 Å². The molecule has 2 heteroatoms. The van der Waals surface area contributed by atoms with E-state index in [1.807, 2.05) is 0 Å². The largest absolute Gasteiger partial charge is 0.396 e. The van der Waals surface area contributed by atoms with Gasteiger partial charge >= 0.3 is 0 Å². The first-order chi connectivity index (χ1) is 6.83. The Morgan fingerprint density at radius 1 is 1.29 bits per heavy atom. The third-order valence-corrected chi connectivity index (χ3v) is 3.29. The lowest BCUT2D eigenvalue weighted by Gasteiger charge is -2.26. The Hall–Kier alpha value is -0.0800. The fourth-order valence-electron chi connectivity index (χ4n) is 2.46. The average molecular weight is 199 g/mol. The molecule has 0 heterocycles. The molecule has 0 aliphatic heterocycles. The third kappa shape index (κ3) is 4.97. The van der Waals surface area contributed by atoms with Gasteiger partial charge in [-0.3, -0.25) is 0 Å². The fraction of sp³-hybridized carbons (Fsp3) is 1.00. The number of hydrogen-bond donors (Lipinski definition) is 2. The van der Waals surface area contributed by atoms with Crippen molar-refractivity contribution in [1.82, 2.24) is 5.32 Å². The highest BCUT2D eigenvalue weighted by molar-refractivity contribution is 4.71. The van der Waals surface area contributed by atoms with E-state index < -0.39 is 0 Å². The number of hydrogen-bond acceptors (Lipinski definition) is 2. The Balaban J connectivity index is 1.95. The Morgan fingerprint density at radius 2 is 2.14 bits per heavy atom. The van der Waals surface area contributed by atoms with Gasteiger partial charge in [0.15, 0.2) is 0 Å². The van der Waals surface area contributed by atoms with Crippen LogP contribution in [0.3, 0.4) is 0 Å². The Bertz CT molecular complexity index is 138. The first-order valence-corrected chi connectivity index (χ1v) is 6.14. The van der Waals surface area contributed by atoms with Gasteiger partial charge in [0, 0.05) is 6.61 Å². The van der Waals surface area contributed by atoms with E-state index in [-0.39, 0.29) is 0 Å². The number of aliphatic hydroxyl groups excluding tert-OH is 1. The molecule has 14 heavy (non-hydrogen) atoms. The molecule has 0 aromatic rings. The predicted molar refractivity (Wildman–Crippen MR) is 60.3 cm³/mol. The second-order valence-electron chi connectivity index (χ2n) is 4.75. The van der Waals surface area contributed by atoms with E-state index in [1.54, 1.807) is 0 Å². The number of aliphatic hydroxyl groups is 1. The van der Waals surface area contributed by atoms with Crippen molar-refractivity contribution in [2.24, 2.45) is 11.8 Å². The zero-order chi connectivity index (χ0) is 10.2. The fourth-order valence-corrected chi connectivity index (χ4v) is 2.46. The summed E-state index contributed by atoms with van der Waals surface area (Å²) in [5.41, 5.74) is 0. The second kappa shape index (κ2) is 7.24. The van der Waals surface area contributed by atoms with Gasteiger partial charge in [-0.15, -0.1) is 0 Å². The molecule has 2 N–H and O–H groups in total. The summed E-state index contributed by atoms with van der Waals surface area (Å²) in [5, 5.41) is 12.0. The summed E-state index contributed by atoms with van der Waals surface area (Å²) < 4.78 is 0. The summed E-state index contributed by atoms with van der Waals surface area (Å²) in [6, 6.07) is 0. The van der Waals surface area contributed by atoms with Gasteiger partial charge in [0.1, 0.15) is 0 Å². The van der Waals surface area contributed by atoms with Crippen molar-refractivity contribution in [2.75, 3.05) is 19.7 Å². The molecule has 1 rings (SSSR count). The van der Waals surface area contributed by atoms with E-state index in [0.29, 0.717) is 6.61 Å². The maximum absolute atomic E-state index is 8.61. The van der Waals surface area contributed by atoms with Crippen molar-refractivity contribution in [2.45, 2.75) is 45.4 Å². The highest BCUT2D eigenvalue weighted by Gasteiger charge is 2.17. The van der Waals surface area contributed by atoms with E-state index in [4.69, 9.17) is 5.11 Å². The molecule has 2 nitrogen and oxygen atoms in total. The molecular formula is C12H25NO. The summed E-state index contributed by atoms with van der Waals surface area (Å²) in [6.45, 7) is 4.80. The van der Waals surface area contributed by atoms with E-state index >= 15 is 0 Å². The first kappa shape index (κ1) is 12.0. The van der Waals surface area contributed by atoms with Gasteiger partial charge in [0.05, 0.1) is 0 Å². The van der Waals surface area contributed by atoms with E-state index in [9.17, 15) is 0 Å². The van der Waals surface area contributed by atoms with Crippen molar-refractivity contribution >= 4 is 0 Å². The van der Waals surface area contributed by atoms with Crippen LogP contribution in [0.4, 0.5) is 0 Å². The van der Waals surface area contributed by atoms with Crippen LogP contribution in [0, 0.1) is 11.8 Å². The van der Waals surface area contributed by atoms with Gasteiger partial charge in [-0.2, -0.15) is 0 Å². The molecule has 1 saturated carbocycles. The van der Waals surface area contributed by atoms with Crippen LogP contribution < -0.4 is 5.32 Å². The highest BCUT2D eigenvalue weighted by atomic mass is 16.3.